The summed E-state index contributed by atoms with van der Waals surface area (Å²) in [5.74, 6) is 1.18. The minimum absolute atomic E-state index is 0.294. The molecule has 1 aromatic rings. The fourth-order valence-electron chi connectivity index (χ4n) is 3.38. The minimum atomic E-state index is 0.294. The van der Waals surface area contributed by atoms with Gasteiger partial charge in [0.05, 0.1) is 12.3 Å². The van der Waals surface area contributed by atoms with Gasteiger partial charge in [0.15, 0.2) is 0 Å². The lowest BCUT2D eigenvalue weighted by atomic mass is 9.74. The number of nitrogens with zero attached hydrogens (tertiary/aromatic N) is 4. The quantitative estimate of drug-likeness (QED) is 0.870. The second-order valence-corrected chi connectivity index (χ2v) is 5.94. The number of aliphatic hydroxyl groups excluding tert-OH is 1. The summed E-state index contributed by atoms with van der Waals surface area (Å²) >= 11 is 0. The Morgan fingerprint density at radius 1 is 1.50 bits per heavy atom. The molecule has 1 aromatic heterocycles. The molecule has 100 valence electrons. The van der Waals surface area contributed by atoms with Crippen molar-refractivity contribution >= 4 is 0 Å². The molecule has 2 bridgehead atoms. The van der Waals surface area contributed by atoms with Crippen LogP contribution in [0.5, 0.6) is 0 Å². The van der Waals surface area contributed by atoms with Gasteiger partial charge in [-0.3, -0.25) is 4.90 Å². The Balaban J connectivity index is 1.77. The summed E-state index contributed by atoms with van der Waals surface area (Å²) < 4.78 is 1.94. The van der Waals surface area contributed by atoms with Gasteiger partial charge in [-0.1, -0.05) is 5.21 Å². The van der Waals surface area contributed by atoms with Crippen molar-refractivity contribution in [3.8, 4) is 0 Å². The summed E-state index contributed by atoms with van der Waals surface area (Å²) in [6.07, 6.45) is 4.44. The van der Waals surface area contributed by atoms with Crippen molar-refractivity contribution in [2.45, 2.75) is 44.7 Å². The number of aromatic nitrogens is 3. The van der Waals surface area contributed by atoms with E-state index >= 15 is 0 Å². The summed E-state index contributed by atoms with van der Waals surface area (Å²) in [4.78, 5) is 2.42. The van der Waals surface area contributed by atoms with E-state index in [-0.39, 0.29) is 0 Å². The number of piperidine rings is 3. The fourth-order valence-corrected chi connectivity index (χ4v) is 3.38. The first-order valence-electron chi connectivity index (χ1n) is 6.95. The van der Waals surface area contributed by atoms with Crippen molar-refractivity contribution in [3.63, 3.8) is 0 Å². The molecule has 1 unspecified atom stereocenters. The van der Waals surface area contributed by atoms with Crippen LogP contribution < -0.4 is 0 Å². The van der Waals surface area contributed by atoms with E-state index in [1.165, 1.54) is 6.42 Å². The first-order valence-corrected chi connectivity index (χ1v) is 6.95. The molecule has 5 heteroatoms. The molecule has 18 heavy (non-hydrogen) atoms. The van der Waals surface area contributed by atoms with Crippen LogP contribution in [0.4, 0.5) is 0 Å². The summed E-state index contributed by atoms with van der Waals surface area (Å²) in [6.45, 7) is 6.70. The number of aliphatic hydroxyl groups is 1. The van der Waals surface area contributed by atoms with E-state index in [1.807, 2.05) is 4.68 Å². The highest BCUT2D eigenvalue weighted by molar-refractivity contribution is 5.11. The van der Waals surface area contributed by atoms with Crippen molar-refractivity contribution in [1.29, 1.82) is 0 Å². The van der Waals surface area contributed by atoms with Gasteiger partial charge in [0.1, 0.15) is 0 Å². The largest absolute Gasteiger partial charge is 0.395 e. The molecule has 0 aliphatic carbocycles. The molecule has 0 spiro atoms. The maximum absolute atomic E-state index is 9.37. The highest BCUT2D eigenvalue weighted by Crippen LogP contribution is 2.40. The first kappa shape index (κ1) is 12.1. The minimum Gasteiger partial charge on any atom is -0.395 e. The van der Waals surface area contributed by atoms with Crippen molar-refractivity contribution in [2.24, 2.45) is 5.92 Å². The molecule has 3 aliphatic rings. The summed E-state index contributed by atoms with van der Waals surface area (Å²) in [5.41, 5.74) is 1.13. The van der Waals surface area contributed by atoms with Crippen LogP contribution in [-0.4, -0.2) is 50.7 Å². The third-order valence-electron chi connectivity index (χ3n) is 4.53. The molecular formula is C13H22N4O. The van der Waals surface area contributed by atoms with Crippen LogP contribution >= 0.6 is 0 Å². The molecule has 0 amide bonds. The van der Waals surface area contributed by atoms with E-state index in [0.29, 0.717) is 30.5 Å². The molecule has 3 aliphatic heterocycles. The van der Waals surface area contributed by atoms with E-state index in [0.717, 1.165) is 25.2 Å². The second kappa shape index (κ2) is 4.63. The van der Waals surface area contributed by atoms with Crippen LogP contribution in [0.25, 0.3) is 0 Å². The van der Waals surface area contributed by atoms with Gasteiger partial charge < -0.3 is 5.11 Å². The zero-order chi connectivity index (χ0) is 12.7. The Kier molecular flexibility index (Phi) is 3.11. The Bertz CT molecular complexity index is 417. The predicted molar refractivity (Wildman–Crippen MR) is 68.3 cm³/mol. The van der Waals surface area contributed by atoms with Crippen molar-refractivity contribution in [1.82, 2.24) is 19.9 Å². The van der Waals surface area contributed by atoms with Crippen molar-refractivity contribution in [3.05, 3.63) is 11.9 Å². The Labute approximate surface area is 108 Å². The second-order valence-electron chi connectivity index (χ2n) is 5.94. The van der Waals surface area contributed by atoms with Crippen LogP contribution in [0.3, 0.4) is 0 Å². The van der Waals surface area contributed by atoms with Crippen LogP contribution in [0, 0.1) is 5.92 Å². The van der Waals surface area contributed by atoms with Gasteiger partial charge in [0, 0.05) is 30.7 Å². The molecule has 4 atom stereocenters. The maximum atomic E-state index is 9.37. The van der Waals surface area contributed by atoms with Crippen LogP contribution in [0.1, 0.15) is 44.3 Å². The van der Waals surface area contributed by atoms with Crippen molar-refractivity contribution < 1.29 is 5.11 Å². The third kappa shape index (κ3) is 1.95. The lowest BCUT2D eigenvalue weighted by Gasteiger charge is -2.48. The number of hydrogen-bond acceptors (Lipinski definition) is 4. The number of rotatable bonds is 3. The number of fused-ring (bicyclic) bond motifs is 3. The van der Waals surface area contributed by atoms with E-state index < -0.39 is 0 Å². The topological polar surface area (TPSA) is 54.2 Å². The van der Waals surface area contributed by atoms with Gasteiger partial charge in [-0.25, -0.2) is 4.68 Å². The van der Waals surface area contributed by atoms with Gasteiger partial charge in [0.25, 0.3) is 0 Å². The monoisotopic (exact) mass is 250 g/mol. The number of hydrogen-bond donors (Lipinski definition) is 1. The van der Waals surface area contributed by atoms with E-state index in [4.69, 9.17) is 0 Å². The first-order chi connectivity index (χ1) is 8.69. The Morgan fingerprint density at radius 3 is 2.89 bits per heavy atom. The van der Waals surface area contributed by atoms with Crippen LogP contribution in [0.15, 0.2) is 6.20 Å². The summed E-state index contributed by atoms with van der Waals surface area (Å²) in [7, 11) is 0. The van der Waals surface area contributed by atoms with Gasteiger partial charge in [-0.2, -0.15) is 0 Å². The van der Waals surface area contributed by atoms with Gasteiger partial charge in [-0.05, 0) is 39.2 Å². The molecular weight excluding hydrogens is 228 g/mol. The van der Waals surface area contributed by atoms with E-state index in [2.05, 4.69) is 35.3 Å². The highest BCUT2D eigenvalue weighted by atomic mass is 16.3. The van der Waals surface area contributed by atoms with Gasteiger partial charge in [0.2, 0.25) is 0 Å². The van der Waals surface area contributed by atoms with E-state index in [9.17, 15) is 5.11 Å². The van der Waals surface area contributed by atoms with Crippen LogP contribution in [-0.2, 0) is 0 Å². The summed E-state index contributed by atoms with van der Waals surface area (Å²) in [5, 5.41) is 17.9. The molecule has 0 saturated carbocycles. The maximum Gasteiger partial charge on any atom is 0.0873 e. The average molecular weight is 250 g/mol. The Hall–Kier alpha value is -0.940. The highest BCUT2D eigenvalue weighted by Gasteiger charge is 2.41. The third-order valence-corrected chi connectivity index (χ3v) is 4.53. The molecule has 0 aromatic carbocycles. The summed E-state index contributed by atoms with van der Waals surface area (Å²) in [6, 6.07) is 0.748. The lowest BCUT2D eigenvalue weighted by molar-refractivity contribution is 0.00184. The average Bonchev–Trinajstić information content (AvgIpc) is 2.88. The molecule has 3 fully saturated rings. The molecule has 0 radical (unpaired) electrons. The smallest absolute Gasteiger partial charge is 0.0873 e. The molecule has 4 rings (SSSR count). The van der Waals surface area contributed by atoms with Gasteiger partial charge in [-0.15, -0.1) is 5.10 Å². The standard InChI is InChI=1S/C13H22N4O/c1-9(2)17-7-13(14-15-17)12-6-16-4-3-10(12)5-11(16)8-18/h7,9-12,18H,3-6,8H2,1-2H3/t10-,11+,12-/m1/s1. The van der Waals surface area contributed by atoms with Crippen LogP contribution in [0.2, 0.25) is 0 Å². The zero-order valence-electron chi connectivity index (χ0n) is 11.2. The predicted octanol–water partition coefficient (Wildman–Crippen LogP) is 1.03. The van der Waals surface area contributed by atoms with Crippen molar-refractivity contribution in [2.75, 3.05) is 19.7 Å². The lowest BCUT2D eigenvalue weighted by Crippen LogP contribution is -2.53. The van der Waals surface area contributed by atoms with E-state index in [1.54, 1.807) is 0 Å². The SMILES string of the molecule is CC(C)n1cc([C@@H]2CN3CC[C@@H]2C[C@H]3CO)nn1. The molecule has 1 N–H and O–H groups in total. The van der Waals surface area contributed by atoms with Gasteiger partial charge >= 0.3 is 0 Å². The Morgan fingerprint density at radius 2 is 2.33 bits per heavy atom. The molecule has 5 nitrogen and oxygen atoms in total. The fraction of sp³-hybridized carbons (Fsp3) is 0.846. The molecule has 3 saturated heterocycles. The molecule has 4 heterocycles. The normalized spacial score (nSPS) is 35.3. The zero-order valence-corrected chi connectivity index (χ0v) is 11.2.